The quantitative estimate of drug-likeness (QED) is 0.269. The van der Waals surface area contributed by atoms with E-state index in [4.69, 9.17) is 4.42 Å². The van der Waals surface area contributed by atoms with E-state index in [0.717, 1.165) is 18.3 Å². The average molecular weight is 506 g/mol. The van der Waals surface area contributed by atoms with Crippen molar-refractivity contribution in [1.82, 2.24) is 25.8 Å². The first-order valence-corrected chi connectivity index (χ1v) is 9.74. The maximum absolute atomic E-state index is 5.33. The number of aromatic amines is 1. The van der Waals surface area contributed by atoms with Gasteiger partial charge in [0, 0.05) is 19.0 Å². The van der Waals surface area contributed by atoms with E-state index in [0.29, 0.717) is 18.1 Å². The lowest BCUT2D eigenvalue weighted by Crippen LogP contribution is -2.44. The highest BCUT2D eigenvalue weighted by atomic mass is 127. The maximum atomic E-state index is 5.33. The highest BCUT2D eigenvalue weighted by Gasteiger charge is 2.35. The minimum atomic E-state index is 0. The number of benzene rings is 1. The molecular formula is C21H27IN6O. The largest absolute Gasteiger partial charge is 0.461 e. The third-order valence-corrected chi connectivity index (χ3v) is 5.46. The van der Waals surface area contributed by atoms with E-state index in [2.05, 4.69) is 61.1 Å². The van der Waals surface area contributed by atoms with Crippen LogP contribution < -0.4 is 10.6 Å². The molecule has 4 rings (SSSR count). The van der Waals surface area contributed by atoms with Crippen LogP contribution >= 0.6 is 24.0 Å². The second kappa shape index (κ2) is 9.91. The molecular weight excluding hydrogens is 479 g/mol. The Balaban J connectivity index is 0.00000240. The van der Waals surface area contributed by atoms with Crippen LogP contribution in [-0.4, -0.2) is 34.7 Å². The van der Waals surface area contributed by atoms with Crippen molar-refractivity contribution in [2.45, 2.75) is 37.6 Å². The van der Waals surface area contributed by atoms with Gasteiger partial charge in [0.1, 0.15) is 5.82 Å². The zero-order chi connectivity index (χ0) is 19.2. The number of nitrogens with zero attached hydrogens (tertiary/aromatic N) is 3. The Bertz CT molecular complexity index is 900. The summed E-state index contributed by atoms with van der Waals surface area (Å²) in [7, 11) is 1.79. The van der Waals surface area contributed by atoms with Gasteiger partial charge in [-0.05, 0) is 30.5 Å². The van der Waals surface area contributed by atoms with E-state index in [9.17, 15) is 0 Å². The lowest BCUT2D eigenvalue weighted by molar-refractivity contribution is 0.431. The summed E-state index contributed by atoms with van der Waals surface area (Å²) in [5, 5.41) is 14.0. The van der Waals surface area contributed by atoms with Crippen LogP contribution in [0.5, 0.6) is 0 Å². The standard InChI is InChI=1S/C21H26N6O.HI/c1-22-20(23-14-18-25-19(27-26-18)17-10-7-13-28-17)24-15-21(11-5-6-12-21)16-8-3-2-4-9-16;/h2-4,7-10,13H,5-6,11-12,14-15H2,1H3,(H2,22,23,24)(H,25,26,27);1H. The molecule has 1 aliphatic rings. The minimum absolute atomic E-state index is 0. The molecule has 0 bridgehead atoms. The van der Waals surface area contributed by atoms with Gasteiger partial charge in [-0.25, -0.2) is 4.98 Å². The van der Waals surface area contributed by atoms with Crippen LogP contribution in [0.4, 0.5) is 0 Å². The third-order valence-electron chi connectivity index (χ3n) is 5.46. The fourth-order valence-corrected chi connectivity index (χ4v) is 3.94. The van der Waals surface area contributed by atoms with Crippen molar-refractivity contribution in [2.75, 3.05) is 13.6 Å². The van der Waals surface area contributed by atoms with Crippen LogP contribution in [0.2, 0.25) is 0 Å². The third kappa shape index (κ3) is 4.98. The predicted octanol–water partition coefficient (Wildman–Crippen LogP) is 3.86. The molecule has 0 aliphatic heterocycles. The van der Waals surface area contributed by atoms with Gasteiger partial charge in [-0.1, -0.05) is 43.2 Å². The minimum Gasteiger partial charge on any atom is -0.461 e. The lowest BCUT2D eigenvalue weighted by Gasteiger charge is -2.30. The molecule has 0 atom stereocenters. The first-order chi connectivity index (χ1) is 13.8. The summed E-state index contributed by atoms with van der Waals surface area (Å²) in [5.41, 5.74) is 1.59. The van der Waals surface area contributed by atoms with Gasteiger partial charge in [0.15, 0.2) is 11.7 Å². The summed E-state index contributed by atoms with van der Waals surface area (Å²) in [4.78, 5) is 8.81. The van der Waals surface area contributed by atoms with E-state index in [1.165, 1.54) is 31.2 Å². The number of furan rings is 1. The molecule has 0 unspecified atom stereocenters. The summed E-state index contributed by atoms with van der Waals surface area (Å²) in [6, 6.07) is 14.5. The molecule has 0 saturated heterocycles. The van der Waals surface area contributed by atoms with Gasteiger partial charge < -0.3 is 15.1 Å². The van der Waals surface area contributed by atoms with Crippen molar-refractivity contribution < 1.29 is 4.42 Å². The molecule has 154 valence electrons. The first kappa shape index (κ1) is 21.4. The highest BCUT2D eigenvalue weighted by molar-refractivity contribution is 14.0. The van der Waals surface area contributed by atoms with Crippen molar-refractivity contribution >= 4 is 29.9 Å². The molecule has 0 radical (unpaired) electrons. The molecule has 7 nitrogen and oxygen atoms in total. The molecule has 3 N–H and O–H groups in total. The lowest BCUT2D eigenvalue weighted by atomic mass is 9.79. The summed E-state index contributed by atoms with van der Waals surface area (Å²) in [5.74, 6) is 2.70. The number of hydrogen-bond acceptors (Lipinski definition) is 4. The Morgan fingerprint density at radius 2 is 1.93 bits per heavy atom. The zero-order valence-electron chi connectivity index (χ0n) is 16.5. The SMILES string of the molecule is CN=C(NCc1nc(-c2ccco2)n[nH]1)NCC1(c2ccccc2)CCCC1.I. The van der Waals surface area contributed by atoms with Crippen molar-refractivity contribution in [1.29, 1.82) is 0 Å². The number of hydrogen-bond donors (Lipinski definition) is 3. The van der Waals surface area contributed by atoms with Crippen LogP contribution in [0, 0.1) is 0 Å². The maximum Gasteiger partial charge on any atom is 0.216 e. The van der Waals surface area contributed by atoms with Gasteiger partial charge in [0.05, 0.1) is 12.8 Å². The fraction of sp³-hybridized carbons (Fsp3) is 0.381. The van der Waals surface area contributed by atoms with Crippen LogP contribution in [0.15, 0.2) is 58.1 Å². The molecule has 8 heteroatoms. The molecule has 0 amide bonds. The number of aromatic nitrogens is 3. The van der Waals surface area contributed by atoms with Crippen molar-refractivity contribution in [3.05, 3.63) is 60.1 Å². The molecule has 1 saturated carbocycles. The number of halogens is 1. The smallest absolute Gasteiger partial charge is 0.216 e. The van der Waals surface area contributed by atoms with Crippen molar-refractivity contribution in [2.24, 2.45) is 4.99 Å². The van der Waals surface area contributed by atoms with E-state index in [-0.39, 0.29) is 29.4 Å². The predicted molar refractivity (Wildman–Crippen MR) is 124 cm³/mol. The van der Waals surface area contributed by atoms with Gasteiger partial charge >= 0.3 is 0 Å². The molecule has 29 heavy (non-hydrogen) atoms. The normalized spacial score (nSPS) is 15.7. The number of aliphatic imine (C=N–C) groups is 1. The molecule has 1 fully saturated rings. The van der Waals surface area contributed by atoms with Crippen LogP contribution in [0.3, 0.4) is 0 Å². The number of H-pyrrole nitrogens is 1. The second-order valence-corrected chi connectivity index (χ2v) is 7.22. The topological polar surface area (TPSA) is 91.1 Å². The van der Waals surface area contributed by atoms with Crippen LogP contribution in [-0.2, 0) is 12.0 Å². The molecule has 1 aromatic carbocycles. The van der Waals surface area contributed by atoms with E-state index >= 15 is 0 Å². The van der Waals surface area contributed by atoms with Gasteiger partial charge in [-0.15, -0.1) is 29.1 Å². The Morgan fingerprint density at radius 1 is 1.14 bits per heavy atom. The van der Waals surface area contributed by atoms with Gasteiger partial charge in [0.2, 0.25) is 5.82 Å². The number of nitrogens with one attached hydrogen (secondary N) is 3. The van der Waals surface area contributed by atoms with Gasteiger partial charge in [-0.3, -0.25) is 10.1 Å². The van der Waals surface area contributed by atoms with E-state index in [1.54, 1.807) is 13.3 Å². The van der Waals surface area contributed by atoms with Gasteiger partial charge in [0.25, 0.3) is 0 Å². The Morgan fingerprint density at radius 3 is 2.62 bits per heavy atom. The van der Waals surface area contributed by atoms with E-state index < -0.39 is 0 Å². The Labute approximate surface area is 187 Å². The van der Waals surface area contributed by atoms with Crippen molar-refractivity contribution in [3.8, 4) is 11.6 Å². The van der Waals surface area contributed by atoms with Gasteiger partial charge in [-0.2, -0.15) is 0 Å². The first-order valence-electron chi connectivity index (χ1n) is 9.74. The van der Waals surface area contributed by atoms with E-state index in [1.807, 2.05) is 12.1 Å². The molecule has 0 spiro atoms. The number of guanidine groups is 1. The monoisotopic (exact) mass is 506 g/mol. The second-order valence-electron chi connectivity index (χ2n) is 7.22. The van der Waals surface area contributed by atoms with Crippen LogP contribution in [0.1, 0.15) is 37.1 Å². The molecule has 2 aromatic heterocycles. The van der Waals surface area contributed by atoms with Crippen LogP contribution in [0.25, 0.3) is 11.6 Å². The summed E-state index contributed by atoms with van der Waals surface area (Å²) < 4.78 is 5.33. The average Bonchev–Trinajstić information content (AvgIpc) is 3.50. The summed E-state index contributed by atoms with van der Waals surface area (Å²) >= 11 is 0. The number of rotatable bonds is 6. The summed E-state index contributed by atoms with van der Waals surface area (Å²) in [6.07, 6.45) is 6.57. The summed E-state index contributed by atoms with van der Waals surface area (Å²) in [6.45, 7) is 1.37. The Hall–Kier alpha value is -2.36. The highest BCUT2D eigenvalue weighted by Crippen LogP contribution is 2.40. The molecule has 1 aliphatic carbocycles. The fourth-order valence-electron chi connectivity index (χ4n) is 3.94. The Kier molecular flexibility index (Phi) is 7.29. The molecule has 3 aromatic rings. The van der Waals surface area contributed by atoms with Crippen molar-refractivity contribution in [3.63, 3.8) is 0 Å². The zero-order valence-corrected chi connectivity index (χ0v) is 18.8. The molecule has 2 heterocycles.